The maximum absolute atomic E-state index is 12.9. The van der Waals surface area contributed by atoms with Crippen LogP contribution in [0.3, 0.4) is 0 Å². The lowest BCUT2D eigenvalue weighted by atomic mass is 10.3. The Balaban J connectivity index is 2.04. The summed E-state index contributed by atoms with van der Waals surface area (Å²) in [5, 5.41) is 6.88. The third-order valence-corrected chi connectivity index (χ3v) is 3.44. The first-order valence-electron chi connectivity index (χ1n) is 5.41. The van der Waals surface area contributed by atoms with Crippen molar-refractivity contribution in [1.29, 1.82) is 0 Å². The summed E-state index contributed by atoms with van der Waals surface area (Å²) < 4.78 is 38.6. The highest BCUT2D eigenvalue weighted by Gasteiger charge is 2.35. The number of alkyl halides is 3. The topological polar surface area (TPSA) is 67.3 Å². The number of aromatic amines is 1. The molecule has 0 aliphatic carbocycles. The predicted octanol–water partition coefficient (Wildman–Crippen LogP) is 2.92. The van der Waals surface area contributed by atoms with Crippen LogP contribution in [0.2, 0.25) is 0 Å². The van der Waals surface area contributed by atoms with Gasteiger partial charge in [0.25, 0.3) is 0 Å². The van der Waals surface area contributed by atoms with Crippen LogP contribution in [0.5, 0.6) is 0 Å². The molecule has 3 heterocycles. The largest absolute Gasteiger partial charge is 0.434 e. The summed E-state index contributed by atoms with van der Waals surface area (Å²) in [6, 6.07) is 2.79. The zero-order chi connectivity index (χ0) is 14.2. The van der Waals surface area contributed by atoms with Crippen molar-refractivity contribution in [2.24, 2.45) is 0 Å². The van der Waals surface area contributed by atoms with E-state index in [1.54, 1.807) is 0 Å². The molecule has 0 atom stereocenters. The van der Waals surface area contributed by atoms with E-state index in [1.165, 1.54) is 24.5 Å². The van der Waals surface area contributed by atoms with Crippen molar-refractivity contribution in [3.05, 3.63) is 36.4 Å². The number of hydrogen-bond acceptors (Lipinski definition) is 5. The SMILES string of the molecule is FC(F)(F)c1ncccc1Sc1n[nH]c2nccnc12. The Morgan fingerprint density at radius 1 is 1.05 bits per heavy atom. The molecule has 0 aliphatic heterocycles. The van der Waals surface area contributed by atoms with Gasteiger partial charge in [0.05, 0.1) is 0 Å². The monoisotopic (exact) mass is 297 g/mol. The van der Waals surface area contributed by atoms with Crippen molar-refractivity contribution in [3.63, 3.8) is 0 Å². The Bertz CT molecular complexity index is 755. The standard InChI is InChI=1S/C11H6F3N5S/c12-11(13,14)8-6(2-1-3-16-8)20-10-7-9(18-19-10)17-5-4-15-7/h1-5H,(H,17,18,19). The van der Waals surface area contributed by atoms with Gasteiger partial charge in [0.1, 0.15) is 5.52 Å². The van der Waals surface area contributed by atoms with Gasteiger partial charge >= 0.3 is 6.18 Å². The Kier molecular flexibility index (Phi) is 3.05. The van der Waals surface area contributed by atoms with Crippen LogP contribution in [0.25, 0.3) is 11.2 Å². The molecule has 0 unspecified atom stereocenters. The van der Waals surface area contributed by atoms with Gasteiger partial charge in [-0.3, -0.25) is 10.1 Å². The highest BCUT2D eigenvalue weighted by Crippen LogP contribution is 2.38. The fourth-order valence-corrected chi connectivity index (χ4v) is 2.55. The number of rotatable bonds is 2. The number of pyridine rings is 1. The van der Waals surface area contributed by atoms with Gasteiger partial charge in [-0.2, -0.15) is 18.3 Å². The van der Waals surface area contributed by atoms with E-state index < -0.39 is 11.9 Å². The number of nitrogens with one attached hydrogen (secondary N) is 1. The Morgan fingerprint density at radius 3 is 2.65 bits per heavy atom. The number of H-pyrrole nitrogens is 1. The molecule has 0 fully saturated rings. The first-order valence-corrected chi connectivity index (χ1v) is 6.22. The fourth-order valence-electron chi connectivity index (χ4n) is 1.59. The minimum atomic E-state index is -4.51. The summed E-state index contributed by atoms with van der Waals surface area (Å²) in [5.74, 6) is 0. The molecule has 0 amide bonds. The van der Waals surface area contributed by atoms with Gasteiger partial charge in [0.2, 0.25) is 0 Å². The van der Waals surface area contributed by atoms with E-state index >= 15 is 0 Å². The molecule has 9 heteroatoms. The first kappa shape index (κ1) is 12.9. The Labute approximate surface area is 114 Å². The molecular weight excluding hydrogens is 291 g/mol. The average molecular weight is 297 g/mol. The molecule has 3 rings (SSSR count). The summed E-state index contributed by atoms with van der Waals surface area (Å²) >= 11 is 0.850. The minimum Gasteiger partial charge on any atom is -0.258 e. The maximum Gasteiger partial charge on any atom is 0.434 e. The number of fused-ring (bicyclic) bond motifs is 1. The van der Waals surface area contributed by atoms with Gasteiger partial charge in [-0.15, -0.1) is 0 Å². The lowest BCUT2D eigenvalue weighted by Crippen LogP contribution is -2.09. The van der Waals surface area contributed by atoms with Crippen molar-refractivity contribution < 1.29 is 13.2 Å². The van der Waals surface area contributed by atoms with Crippen molar-refractivity contribution in [3.8, 4) is 0 Å². The number of aromatic nitrogens is 5. The second-order valence-electron chi connectivity index (χ2n) is 3.73. The predicted molar refractivity (Wildman–Crippen MR) is 65.0 cm³/mol. The Morgan fingerprint density at radius 2 is 1.85 bits per heavy atom. The van der Waals surface area contributed by atoms with E-state index in [9.17, 15) is 13.2 Å². The second-order valence-corrected chi connectivity index (χ2v) is 4.76. The minimum absolute atomic E-state index is 0.0287. The lowest BCUT2D eigenvalue weighted by Gasteiger charge is -2.09. The van der Waals surface area contributed by atoms with Gasteiger partial charge in [-0.1, -0.05) is 11.8 Å². The van der Waals surface area contributed by atoms with Crippen molar-refractivity contribution in [2.45, 2.75) is 16.1 Å². The van der Waals surface area contributed by atoms with Crippen LogP contribution in [-0.2, 0) is 6.18 Å². The molecule has 0 saturated heterocycles. The molecule has 0 aromatic carbocycles. The van der Waals surface area contributed by atoms with Gasteiger partial charge in [-0.25, -0.2) is 9.97 Å². The van der Waals surface area contributed by atoms with Crippen LogP contribution in [0.1, 0.15) is 5.69 Å². The third kappa shape index (κ3) is 2.31. The molecule has 3 aromatic rings. The zero-order valence-electron chi connectivity index (χ0n) is 9.72. The molecule has 0 radical (unpaired) electrons. The summed E-state index contributed by atoms with van der Waals surface area (Å²) in [6.07, 6.45) is -0.479. The average Bonchev–Trinajstić information content (AvgIpc) is 2.82. The zero-order valence-corrected chi connectivity index (χ0v) is 10.5. The molecule has 3 aromatic heterocycles. The quantitative estimate of drug-likeness (QED) is 0.787. The third-order valence-electron chi connectivity index (χ3n) is 2.41. The normalized spacial score (nSPS) is 11.9. The van der Waals surface area contributed by atoms with Crippen LogP contribution < -0.4 is 0 Å². The van der Waals surface area contributed by atoms with Crippen LogP contribution in [0, 0.1) is 0 Å². The van der Waals surface area contributed by atoms with Gasteiger partial charge in [-0.05, 0) is 12.1 Å². The van der Waals surface area contributed by atoms with Crippen LogP contribution in [-0.4, -0.2) is 25.1 Å². The lowest BCUT2D eigenvalue weighted by molar-refractivity contribution is -0.143. The van der Waals surface area contributed by atoms with Crippen molar-refractivity contribution in [2.75, 3.05) is 0 Å². The molecule has 1 N–H and O–H groups in total. The summed E-state index contributed by atoms with van der Waals surface area (Å²) in [7, 11) is 0. The van der Waals surface area contributed by atoms with E-state index in [0.717, 1.165) is 18.0 Å². The summed E-state index contributed by atoms with van der Waals surface area (Å²) in [5.41, 5.74) is -0.0908. The van der Waals surface area contributed by atoms with Crippen molar-refractivity contribution in [1.82, 2.24) is 25.1 Å². The van der Waals surface area contributed by atoms with E-state index in [0.29, 0.717) is 16.2 Å². The first-order chi connectivity index (χ1) is 9.55. The van der Waals surface area contributed by atoms with Gasteiger partial charge in [0, 0.05) is 23.5 Å². The summed E-state index contributed by atoms with van der Waals surface area (Å²) in [4.78, 5) is 11.4. The Hall–Kier alpha value is -2.16. The highest BCUT2D eigenvalue weighted by atomic mass is 32.2. The molecule has 20 heavy (non-hydrogen) atoms. The van der Waals surface area contributed by atoms with E-state index in [-0.39, 0.29) is 4.90 Å². The molecule has 5 nitrogen and oxygen atoms in total. The fraction of sp³-hybridized carbons (Fsp3) is 0.0909. The van der Waals surface area contributed by atoms with E-state index in [1.807, 2.05) is 0 Å². The smallest absolute Gasteiger partial charge is 0.258 e. The molecule has 0 saturated carbocycles. The molecular formula is C11H6F3N5S. The van der Waals surface area contributed by atoms with Crippen LogP contribution >= 0.6 is 11.8 Å². The number of halogens is 3. The van der Waals surface area contributed by atoms with Crippen LogP contribution in [0.4, 0.5) is 13.2 Å². The highest BCUT2D eigenvalue weighted by molar-refractivity contribution is 7.99. The molecule has 0 spiro atoms. The van der Waals surface area contributed by atoms with Gasteiger partial charge < -0.3 is 0 Å². The van der Waals surface area contributed by atoms with Gasteiger partial charge in [0.15, 0.2) is 16.4 Å². The second kappa shape index (κ2) is 4.75. The van der Waals surface area contributed by atoms with E-state index in [2.05, 4.69) is 25.1 Å². The van der Waals surface area contributed by atoms with E-state index in [4.69, 9.17) is 0 Å². The maximum atomic E-state index is 12.9. The van der Waals surface area contributed by atoms with Crippen LogP contribution in [0.15, 0.2) is 40.6 Å². The molecule has 0 aliphatic rings. The molecule has 102 valence electrons. The molecule has 0 bridgehead atoms. The summed E-state index contributed by atoms with van der Waals surface area (Å²) in [6.45, 7) is 0. The number of hydrogen-bond donors (Lipinski definition) is 1. The van der Waals surface area contributed by atoms with Crippen molar-refractivity contribution >= 4 is 22.9 Å². The number of nitrogens with zero attached hydrogens (tertiary/aromatic N) is 4.